The van der Waals surface area contributed by atoms with Crippen molar-refractivity contribution in [2.75, 3.05) is 7.11 Å². The van der Waals surface area contributed by atoms with E-state index in [0.29, 0.717) is 34.7 Å². The molecular weight excluding hydrogens is 251 g/mol. The highest BCUT2D eigenvalue weighted by Crippen LogP contribution is 2.51. The van der Waals surface area contributed by atoms with E-state index < -0.39 is 5.60 Å². The maximum Gasteiger partial charge on any atom is 0.132 e. The molecule has 0 aromatic heterocycles. The van der Waals surface area contributed by atoms with Crippen LogP contribution < -0.4 is 4.74 Å². The number of thioether (sulfide) groups is 1. The topological polar surface area (TPSA) is 29.5 Å². The molecule has 0 aliphatic carbocycles. The Bertz CT molecular complexity index is 451. The lowest BCUT2D eigenvalue weighted by atomic mass is 9.85. The molecule has 2 fully saturated rings. The number of hydrogen-bond acceptors (Lipinski definition) is 3. The first-order valence-corrected chi connectivity index (χ1v) is 7.27. The predicted molar refractivity (Wildman–Crippen MR) is 70.5 cm³/mol. The van der Waals surface area contributed by atoms with Gasteiger partial charge in [0, 0.05) is 22.1 Å². The largest absolute Gasteiger partial charge is 0.497 e. The zero-order valence-electron chi connectivity index (χ0n) is 10.4. The Balaban J connectivity index is 1.94. The number of halogens is 1. The van der Waals surface area contributed by atoms with Gasteiger partial charge in [0.15, 0.2) is 0 Å². The molecule has 2 atom stereocenters. The lowest BCUT2D eigenvalue weighted by molar-refractivity contribution is 0.0162. The summed E-state index contributed by atoms with van der Waals surface area (Å²) < 4.78 is 19.1. The van der Waals surface area contributed by atoms with Gasteiger partial charge < -0.3 is 9.84 Å². The lowest BCUT2D eigenvalue weighted by Gasteiger charge is -2.36. The summed E-state index contributed by atoms with van der Waals surface area (Å²) in [5.41, 5.74) is -0.562. The van der Waals surface area contributed by atoms with Gasteiger partial charge in [-0.1, -0.05) is 0 Å². The zero-order valence-corrected chi connectivity index (χ0v) is 11.2. The monoisotopic (exact) mass is 268 g/mol. The molecule has 2 saturated heterocycles. The van der Waals surface area contributed by atoms with E-state index in [2.05, 4.69) is 0 Å². The Morgan fingerprint density at radius 3 is 2.56 bits per heavy atom. The van der Waals surface area contributed by atoms with Crippen LogP contribution in [0.15, 0.2) is 18.2 Å². The molecule has 4 heteroatoms. The fraction of sp³-hybridized carbons (Fsp3) is 0.571. The first-order valence-electron chi connectivity index (χ1n) is 6.32. The summed E-state index contributed by atoms with van der Waals surface area (Å²) >= 11 is 1.96. The average Bonchev–Trinajstić information content (AvgIpc) is 2.68. The van der Waals surface area contributed by atoms with E-state index >= 15 is 0 Å². The van der Waals surface area contributed by atoms with E-state index in [-0.39, 0.29) is 5.82 Å². The van der Waals surface area contributed by atoms with E-state index in [0.717, 1.165) is 12.8 Å². The van der Waals surface area contributed by atoms with E-state index in [4.69, 9.17) is 4.74 Å². The molecule has 2 unspecified atom stereocenters. The molecule has 98 valence electrons. The van der Waals surface area contributed by atoms with Crippen LogP contribution in [0.3, 0.4) is 0 Å². The van der Waals surface area contributed by atoms with Gasteiger partial charge in [0.05, 0.1) is 12.7 Å². The molecule has 0 radical (unpaired) electrons. The molecule has 0 amide bonds. The summed E-state index contributed by atoms with van der Waals surface area (Å²) in [7, 11) is 1.51. The Kier molecular flexibility index (Phi) is 3.02. The van der Waals surface area contributed by atoms with E-state index in [9.17, 15) is 9.50 Å². The smallest absolute Gasteiger partial charge is 0.132 e. The van der Waals surface area contributed by atoms with Crippen LogP contribution in [0.25, 0.3) is 0 Å². The first-order chi connectivity index (χ1) is 8.60. The Labute approximate surface area is 111 Å². The standard InChI is InChI=1S/C14H17FO2S/c1-17-9-2-5-12(13(15)6-9)14(16)7-10-3-4-11(8-14)18-10/h2,5-6,10-11,16H,3-4,7-8H2,1H3. The van der Waals surface area contributed by atoms with Crippen LogP contribution in [0.4, 0.5) is 4.39 Å². The van der Waals surface area contributed by atoms with Crippen molar-refractivity contribution in [3.05, 3.63) is 29.6 Å². The maximum absolute atomic E-state index is 14.1. The Morgan fingerprint density at radius 2 is 2.00 bits per heavy atom. The fourth-order valence-electron chi connectivity index (χ4n) is 3.14. The third-order valence-corrected chi connectivity index (χ3v) is 5.58. The average molecular weight is 268 g/mol. The van der Waals surface area contributed by atoms with E-state index in [1.165, 1.54) is 13.2 Å². The van der Waals surface area contributed by atoms with Gasteiger partial charge in [-0.2, -0.15) is 11.8 Å². The summed E-state index contributed by atoms with van der Waals surface area (Å²) in [6.07, 6.45) is 3.62. The van der Waals surface area contributed by atoms with Gasteiger partial charge in [-0.15, -0.1) is 0 Å². The molecule has 2 aliphatic rings. The van der Waals surface area contributed by atoms with Gasteiger partial charge in [0.2, 0.25) is 0 Å². The minimum absolute atomic E-state index is 0.358. The number of hydrogen-bond donors (Lipinski definition) is 1. The van der Waals surface area contributed by atoms with Crippen molar-refractivity contribution < 1.29 is 14.2 Å². The van der Waals surface area contributed by atoms with Gasteiger partial charge in [-0.05, 0) is 37.8 Å². The molecule has 2 heterocycles. The van der Waals surface area contributed by atoms with Crippen LogP contribution in [0.5, 0.6) is 5.75 Å². The second-order valence-electron chi connectivity index (χ2n) is 5.24. The van der Waals surface area contributed by atoms with Crippen molar-refractivity contribution in [1.29, 1.82) is 0 Å². The van der Waals surface area contributed by atoms with Crippen molar-refractivity contribution in [2.24, 2.45) is 0 Å². The zero-order chi connectivity index (χ0) is 12.8. The van der Waals surface area contributed by atoms with E-state index in [1.807, 2.05) is 11.8 Å². The molecule has 2 bridgehead atoms. The number of benzene rings is 1. The predicted octanol–water partition coefficient (Wildman–Crippen LogP) is 3.08. The molecule has 1 aromatic carbocycles. The number of ether oxygens (including phenoxy) is 1. The van der Waals surface area contributed by atoms with Crippen molar-refractivity contribution >= 4 is 11.8 Å². The van der Waals surface area contributed by atoms with Crippen LogP contribution >= 0.6 is 11.8 Å². The summed E-state index contributed by atoms with van der Waals surface area (Å²) in [5, 5.41) is 11.7. The molecule has 1 aromatic rings. The molecule has 0 saturated carbocycles. The summed E-state index contributed by atoms with van der Waals surface area (Å²) in [4.78, 5) is 0. The lowest BCUT2D eigenvalue weighted by Crippen LogP contribution is -2.35. The molecule has 18 heavy (non-hydrogen) atoms. The quantitative estimate of drug-likeness (QED) is 0.894. The normalized spacial score (nSPS) is 34.6. The highest BCUT2D eigenvalue weighted by Gasteiger charge is 2.45. The van der Waals surface area contributed by atoms with Crippen molar-refractivity contribution in [3.8, 4) is 5.75 Å². The first kappa shape index (κ1) is 12.3. The third-order valence-electron chi connectivity index (χ3n) is 4.00. The van der Waals surface area contributed by atoms with Crippen molar-refractivity contribution in [1.82, 2.24) is 0 Å². The fourth-order valence-corrected chi connectivity index (χ4v) is 4.97. The van der Waals surface area contributed by atoms with Crippen LogP contribution in [0.1, 0.15) is 31.2 Å². The SMILES string of the molecule is COc1ccc(C2(O)CC3CCC(C2)S3)c(F)c1. The second-order valence-corrected chi connectivity index (χ2v) is 6.85. The molecule has 0 spiro atoms. The Hall–Kier alpha value is -0.740. The molecule has 2 nitrogen and oxygen atoms in total. The second kappa shape index (κ2) is 4.42. The Morgan fingerprint density at radius 1 is 1.33 bits per heavy atom. The molecule has 3 rings (SSSR count). The van der Waals surface area contributed by atoms with Gasteiger partial charge in [0.25, 0.3) is 0 Å². The van der Waals surface area contributed by atoms with Crippen LogP contribution in [0.2, 0.25) is 0 Å². The van der Waals surface area contributed by atoms with Crippen molar-refractivity contribution in [2.45, 2.75) is 41.8 Å². The number of aliphatic hydroxyl groups is 1. The highest BCUT2D eigenvalue weighted by molar-refractivity contribution is 8.00. The van der Waals surface area contributed by atoms with Gasteiger partial charge in [-0.25, -0.2) is 4.39 Å². The summed E-state index contributed by atoms with van der Waals surface area (Å²) in [5.74, 6) is 0.135. The van der Waals surface area contributed by atoms with Crippen LogP contribution in [-0.4, -0.2) is 22.7 Å². The summed E-state index contributed by atoms with van der Waals surface area (Å²) in [6, 6.07) is 4.75. The minimum atomic E-state index is -0.993. The van der Waals surface area contributed by atoms with Crippen molar-refractivity contribution in [3.63, 3.8) is 0 Å². The summed E-state index contributed by atoms with van der Waals surface area (Å²) in [6.45, 7) is 0. The highest BCUT2D eigenvalue weighted by atomic mass is 32.2. The van der Waals surface area contributed by atoms with Crippen LogP contribution in [0, 0.1) is 5.82 Å². The van der Waals surface area contributed by atoms with E-state index in [1.54, 1.807) is 12.1 Å². The third kappa shape index (κ3) is 2.01. The van der Waals surface area contributed by atoms with Gasteiger partial charge >= 0.3 is 0 Å². The number of rotatable bonds is 2. The molecule has 2 aliphatic heterocycles. The molecular formula is C14H17FO2S. The maximum atomic E-state index is 14.1. The number of fused-ring (bicyclic) bond motifs is 2. The minimum Gasteiger partial charge on any atom is -0.497 e. The van der Waals surface area contributed by atoms with Gasteiger partial charge in [0.1, 0.15) is 11.6 Å². The molecule has 1 N–H and O–H groups in total. The number of methoxy groups -OCH3 is 1. The van der Waals surface area contributed by atoms with Crippen LogP contribution in [-0.2, 0) is 5.60 Å². The van der Waals surface area contributed by atoms with Gasteiger partial charge in [-0.3, -0.25) is 0 Å².